The summed E-state index contributed by atoms with van der Waals surface area (Å²) in [6.45, 7) is 7.37. The van der Waals surface area contributed by atoms with Crippen molar-refractivity contribution in [2.75, 3.05) is 13.7 Å². The number of hydrogen-bond donors (Lipinski definition) is 2. The average molecular weight is 461 g/mol. The molecule has 0 saturated carbocycles. The van der Waals surface area contributed by atoms with Gasteiger partial charge in [0.05, 0.1) is 18.4 Å². The van der Waals surface area contributed by atoms with Crippen LogP contribution in [0.1, 0.15) is 32.6 Å². The number of carbonyl (C=O) groups excluding carboxylic acids is 1. The van der Waals surface area contributed by atoms with Gasteiger partial charge in [0.25, 0.3) is 5.91 Å². The summed E-state index contributed by atoms with van der Waals surface area (Å²) in [7, 11) is 1.49. The maximum absolute atomic E-state index is 14.5. The zero-order valence-electron chi connectivity index (χ0n) is 19.2. The molecule has 34 heavy (non-hydrogen) atoms. The van der Waals surface area contributed by atoms with E-state index in [0.717, 1.165) is 28.3 Å². The number of nitrogens with zero attached hydrogens (tertiary/aromatic N) is 1. The highest BCUT2D eigenvalue weighted by Gasteiger charge is 2.15. The van der Waals surface area contributed by atoms with Gasteiger partial charge >= 0.3 is 5.97 Å². The second kappa shape index (κ2) is 10.6. The Morgan fingerprint density at radius 1 is 1.00 bits per heavy atom. The van der Waals surface area contributed by atoms with Crippen LogP contribution < -0.4 is 5.32 Å². The Bertz CT molecular complexity index is 1300. The third-order valence-corrected chi connectivity index (χ3v) is 5.29. The van der Waals surface area contributed by atoms with E-state index in [1.165, 1.54) is 24.8 Å². The second-order valence-electron chi connectivity index (χ2n) is 7.68. The van der Waals surface area contributed by atoms with E-state index in [1.807, 2.05) is 37.3 Å². The molecule has 0 aromatic heterocycles. The Morgan fingerprint density at radius 3 is 2.29 bits per heavy atom. The first-order valence-corrected chi connectivity index (χ1v) is 10.5. The van der Waals surface area contributed by atoms with Crippen LogP contribution in [0, 0.1) is 19.7 Å². The summed E-state index contributed by atoms with van der Waals surface area (Å²) in [6, 6.07) is 17.9. The molecule has 3 aromatic rings. The monoisotopic (exact) mass is 460 g/mol. The number of hydrogen-bond acceptors (Lipinski definition) is 4. The number of ether oxygens (including phenoxy) is 1. The molecule has 0 fully saturated rings. The van der Waals surface area contributed by atoms with Crippen LogP contribution in [0.25, 0.3) is 16.8 Å². The van der Waals surface area contributed by atoms with Crippen LogP contribution in [-0.4, -0.2) is 36.5 Å². The van der Waals surface area contributed by atoms with Gasteiger partial charge in [0.15, 0.2) is 0 Å². The number of aliphatic imine (C=N–C) groups is 1. The highest BCUT2D eigenvalue weighted by atomic mass is 19.1. The van der Waals surface area contributed by atoms with Gasteiger partial charge in [0.2, 0.25) is 5.90 Å². The number of nitrogens with one attached hydrogen (secondary N) is 1. The number of carboxylic acids is 1. The van der Waals surface area contributed by atoms with E-state index in [4.69, 9.17) is 9.84 Å². The van der Waals surface area contributed by atoms with Gasteiger partial charge in [-0.15, -0.1) is 0 Å². The lowest BCUT2D eigenvalue weighted by Gasteiger charge is -2.13. The molecule has 0 unspecified atom stereocenters. The van der Waals surface area contributed by atoms with Crippen LogP contribution in [-0.2, 0) is 9.53 Å². The van der Waals surface area contributed by atoms with Crippen LogP contribution in [0.2, 0.25) is 0 Å². The van der Waals surface area contributed by atoms with Gasteiger partial charge in [-0.05, 0) is 60.4 Å². The average Bonchev–Trinajstić information content (AvgIpc) is 2.81. The van der Waals surface area contributed by atoms with Crippen molar-refractivity contribution in [3.05, 3.63) is 101 Å². The molecular weight excluding hydrogens is 435 g/mol. The molecule has 0 heterocycles. The SMILES string of the molecule is C=C(N=C(OC)c1ccc(-c2ccccc2C)c(C)c1)c1ccc(C(=O)NCC(=O)O)c(F)c1. The topological polar surface area (TPSA) is 88.0 Å². The molecule has 0 aliphatic heterocycles. The summed E-state index contributed by atoms with van der Waals surface area (Å²) in [5.41, 5.74) is 5.55. The lowest BCUT2D eigenvalue weighted by molar-refractivity contribution is -0.135. The number of aryl methyl sites for hydroxylation is 2. The van der Waals surface area contributed by atoms with Crippen molar-refractivity contribution in [3.63, 3.8) is 0 Å². The fourth-order valence-corrected chi connectivity index (χ4v) is 3.52. The molecule has 174 valence electrons. The molecule has 0 radical (unpaired) electrons. The van der Waals surface area contributed by atoms with E-state index in [0.29, 0.717) is 11.5 Å². The fraction of sp³-hybridized carbons (Fsp3) is 0.148. The number of aliphatic carboxylic acids is 1. The molecule has 0 aliphatic rings. The predicted octanol–water partition coefficient (Wildman–Crippen LogP) is 4.99. The third kappa shape index (κ3) is 5.56. The molecule has 0 aliphatic carbocycles. The van der Waals surface area contributed by atoms with Gasteiger partial charge in [-0.25, -0.2) is 9.38 Å². The summed E-state index contributed by atoms with van der Waals surface area (Å²) in [4.78, 5) is 27.0. The van der Waals surface area contributed by atoms with Crippen molar-refractivity contribution in [1.29, 1.82) is 0 Å². The lowest BCUT2D eigenvalue weighted by atomic mass is 9.95. The summed E-state index contributed by atoms with van der Waals surface area (Å²) < 4.78 is 20.0. The first kappa shape index (κ1) is 24.4. The first-order valence-electron chi connectivity index (χ1n) is 10.5. The third-order valence-electron chi connectivity index (χ3n) is 5.29. The van der Waals surface area contributed by atoms with E-state index >= 15 is 0 Å². The summed E-state index contributed by atoms with van der Waals surface area (Å²) in [5.74, 6) is -2.54. The van der Waals surface area contributed by atoms with Crippen molar-refractivity contribution in [2.24, 2.45) is 4.99 Å². The predicted molar refractivity (Wildman–Crippen MR) is 130 cm³/mol. The van der Waals surface area contributed by atoms with Gasteiger partial charge in [-0.1, -0.05) is 43.0 Å². The van der Waals surface area contributed by atoms with Gasteiger partial charge in [0.1, 0.15) is 12.4 Å². The molecule has 7 heteroatoms. The highest BCUT2D eigenvalue weighted by molar-refractivity contribution is 5.99. The van der Waals surface area contributed by atoms with Crippen LogP contribution in [0.5, 0.6) is 0 Å². The van der Waals surface area contributed by atoms with Crippen LogP contribution in [0.4, 0.5) is 4.39 Å². The van der Waals surface area contributed by atoms with Gasteiger partial charge in [-0.3, -0.25) is 9.59 Å². The molecule has 6 nitrogen and oxygen atoms in total. The molecule has 0 saturated heterocycles. The summed E-state index contributed by atoms with van der Waals surface area (Å²) in [5, 5.41) is 10.8. The lowest BCUT2D eigenvalue weighted by Crippen LogP contribution is -2.29. The smallest absolute Gasteiger partial charge is 0.322 e. The standard InChI is InChI=1S/C27H25FN2O4/c1-16-7-5-6-8-21(16)22-11-10-20(13-17(22)2)27(34-4)30-18(3)19-9-12-23(24(28)14-19)26(33)29-15-25(31)32/h5-14H,3,15H2,1-2,4H3,(H,29,33)(H,31,32). The van der Waals surface area contributed by atoms with Gasteiger partial charge < -0.3 is 15.2 Å². The number of rotatable bonds is 7. The first-order chi connectivity index (χ1) is 16.2. The zero-order chi connectivity index (χ0) is 24.8. The molecule has 1 amide bonds. The number of carboxylic acid groups (broad SMARTS) is 1. The van der Waals surface area contributed by atoms with E-state index in [-0.39, 0.29) is 11.3 Å². The van der Waals surface area contributed by atoms with Crippen molar-refractivity contribution in [2.45, 2.75) is 13.8 Å². The zero-order valence-corrected chi connectivity index (χ0v) is 19.2. The number of amides is 1. The minimum absolute atomic E-state index is 0.244. The number of methoxy groups -OCH3 is 1. The van der Waals surface area contributed by atoms with Gasteiger partial charge in [-0.2, -0.15) is 0 Å². The fourth-order valence-electron chi connectivity index (χ4n) is 3.52. The van der Waals surface area contributed by atoms with E-state index in [9.17, 15) is 14.0 Å². The molecule has 2 N–H and O–H groups in total. The Kier molecular flexibility index (Phi) is 7.58. The molecule has 0 bridgehead atoms. The van der Waals surface area contributed by atoms with Crippen molar-refractivity contribution in [1.82, 2.24) is 5.32 Å². The number of halogens is 1. The largest absolute Gasteiger partial charge is 0.481 e. The molecule has 0 spiro atoms. The van der Waals surface area contributed by atoms with E-state index in [2.05, 4.69) is 35.9 Å². The van der Waals surface area contributed by atoms with Crippen LogP contribution >= 0.6 is 0 Å². The summed E-state index contributed by atoms with van der Waals surface area (Å²) >= 11 is 0. The van der Waals surface area contributed by atoms with E-state index < -0.39 is 24.2 Å². The van der Waals surface area contributed by atoms with Crippen molar-refractivity contribution < 1.29 is 23.8 Å². The van der Waals surface area contributed by atoms with Crippen molar-refractivity contribution >= 4 is 23.5 Å². The molecule has 0 atom stereocenters. The normalized spacial score (nSPS) is 11.1. The van der Waals surface area contributed by atoms with Crippen LogP contribution in [0.3, 0.4) is 0 Å². The quantitative estimate of drug-likeness (QED) is 0.384. The van der Waals surface area contributed by atoms with Crippen LogP contribution in [0.15, 0.2) is 72.2 Å². The Hall–Kier alpha value is -4.26. The number of carbonyl (C=O) groups is 2. The minimum Gasteiger partial charge on any atom is -0.481 e. The minimum atomic E-state index is -1.22. The van der Waals surface area contributed by atoms with Crippen molar-refractivity contribution in [3.8, 4) is 11.1 Å². The molecule has 3 aromatic carbocycles. The Labute approximate surface area is 197 Å². The Balaban J connectivity index is 1.85. The maximum Gasteiger partial charge on any atom is 0.322 e. The molecular formula is C27H25FN2O4. The Morgan fingerprint density at radius 2 is 1.68 bits per heavy atom. The highest BCUT2D eigenvalue weighted by Crippen LogP contribution is 2.28. The number of benzene rings is 3. The summed E-state index contributed by atoms with van der Waals surface area (Å²) in [6.07, 6.45) is 0. The molecule has 3 rings (SSSR count). The van der Waals surface area contributed by atoms with E-state index in [1.54, 1.807) is 0 Å². The second-order valence-corrected chi connectivity index (χ2v) is 7.68. The van der Waals surface area contributed by atoms with Gasteiger partial charge in [0, 0.05) is 11.1 Å². The maximum atomic E-state index is 14.5.